The van der Waals surface area contributed by atoms with Gasteiger partial charge in [-0.1, -0.05) is 74.5 Å². The Morgan fingerprint density at radius 1 is 0.500 bits per heavy atom. The van der Waals surface area contributed by atoms with Crippen molar-refractivity contribution in [3.05, 3.63) is 92.2 Å². The molecule has 4 saturated heterocycles. The number of hydrogen-bond acceptors (Lipinski definition) is 16. The monoisotopic (exact) mass is 1170 g/mol. The second-order valence-corrected chi connectivity index (χ2v) is 22.5. The van der Waals surface area contributed by atoms with Gasteiger partial charge in [0.15, 0.2) is 0 Å². The summed E-state index contributed by atoms with van der Waals surface area (Å²) in [5.74, 6) is -4.60. The van der Waals surface area contributed by atoms with E-state index in [1.807, 2.05) is 13.8 Å². The summed E-state index contributed by atoms with van der Waals surface area (Å²) < 4.78 is 0. The molecular formula is C60H86N12O12. The van der Waals surface area contributed by atoms with Gasteiger partial charge in [-0.25, -0.2) is 0 Å². The third-order valence-corrected chi connectivity index (χ3v) is 17.2. The molecule has 0 radical (unpaired) electrons. The number of aliphatic hydroxyl groups excluding tert-OH is 2. The summed E-state index contributed by atoms with van der Waals surface area (Å²) in [6.45, 7) is 4.14. The second-order valence-electron chi connectivity index (χ2n) is 22.5. The van der Waals surface area contributed by atoms with Gasteiger partial charge in [0.25, 0.3) is 10.9 Å². The van der Waals surface area contributed by atoms with Crippen molar-refractivity contribution in [3.63, 3.8) is 0 Å². The number of aliphatic hydroxyl groups is 2. The summed E-state index contributed by atoms with van der Waals surface area (Å²) in [5.41, 5.74) is 0.0869. The van der Waals surface area contributed by atoms with E-state index in [0.29, 0.717) is 114 Å². The molecular weight excluding hydrogens is 1080 g/mol. The van der Waals surface area contributed by atoms with Crippen molar-refractivity contribution in [1.29, 1.82) is 0 Å². The molecule has 12 atom stereocenters. The molecule has 3 aromatic rings. The Morgan fingerprint density at radius 2 is 0.857 bits per heavy atom. The highest BCUT2D eigenvalue weighted by molar-refractivity contribution is 5.97. The first-order valence-electron chi connectivity index (χ1n) is 30.0. The number of amides is 8. The van der Waals surface area contributed by atoms with Crippen LogP contribution in [0.3, 0.4) is 0 Å². The number of carbonyl (C=O) groups excluding carboxylic acids is 8. The van der Waals surface area contributed by atoms with Crippen molar-refractivity contribution >= 4 is 58.6 Å². The zero-order chi connectivity index (χ0) is 60.5. The summed E-state index contributed by atoms with van der Waals surface area (Å²) in [4.78, 5) is 139. The molecule has 84 heavy (non-hydrogen) atoms. The molecule has 24 heteroatoms. The third kappa shape index (κ3) is 15.3. The lowest BCUT2D eigenvalue weighted by Crippen LogP contribution is -2.59. The first kappa shape index (κ1) is 64.3. The molecule has 4 aliphatic heterocycles. The van der Waals surface area contributed by atoms with Crippen molar-refractivity contribution in [2.75, 3.05) is 64.1 Å². The summed E-state index contributed by atoms with van der Waals surface area (Å²) in [5, 5.41) is 49.8. The van der Waals surface area contributed by atoms with E-state index in [4.69, 9.17) is 0 Å². The third-order valence-electron chi connectivity index (χ3n) is 17.2. The van der Waals surface area contributed by atoms with Gasteiger partial charge >= 0.3 is 0 Å². The molecule has 3 aromatic carbocycles. The van der Waals surface area contributed by atoms with Crippen LogP contribution in [0.15, 0.2) is 70.3 Å². The van der Waals surface area contributed by atoms with Gasteiger partial charge in [-0.05, 0) is 115 Å². The number of likely N-dealkylation sites (N-methyl/N-ethyl adjacent to an activating group) is 2. The van der Waals surface area contributed by atoms with Crippen LogP contribution in [0.2, 0.25) is 0 Å². The Kier molecular flexibility index (Phi) is 23.7. The Balaban J connectivity index is 0.854. The topological polar surface area (TPSA) is 338 Å². The molecule has 0 aromatic heterocycles. The number of nitrogens with zero attached hydrogens (tertiary/aromatic N) is 2. The van der Waals surface area contributed by atoms with E-state index in [2.05, 4.69) is 53.2 Å². The van der Waals surface area contributed by atoms with Crippen molar-refractivity contribution in [3.8, 4) is 0 Å². The van der Waals surface area contributed by atoms with Crippen molar-refractivity contribution in [2.24, 2.45) is 11.8 Å². The van der Waals surface area contributed by atoms with Gasteiger partial charge in [0.05, 0.1) is 12.1 Å². The van der Waals surface area contributed by atoms with Gasteiger partial charge in [0, 0.05) is 63.3 Å². The van der Waals surface area contributed by atoms with Gasteiger partial charge < -0.3 is 73.2 Å². The van der Waals surface area contributed by atoms with Crippen molar-refractivity contribution < 1.29 is 48.6 Å². The van der Waals surface area contributed by atoms with Gasteiger partial charge in [-0.2, -0.15) is 0 Å². The molecule has 0 saturated carbocycles. The minimum absolute atomic E-state index is 0.161. The van der Waals surface area contributed by atoms with Crippen LogP contribution in [-0.4, -0.2) is 169 Å². The molecule has 4 aliphatic rings. The minimum Gasteiger partial charge on any atom is -0.396 e. The summed E-state index contributed by atoms with van der Waals surface area (Å²) in [7, 11) is 3.31. The molecule has 0 unspecified atom stereocenters. The highest BCUT2D eigenvalue weighted by Gasteiger charge is 2.50. The lowest BCUT2D eigenvalue weighted by atomic mass is 9.93. The Hall–Kier alpha value is -7.28. The van der Waals surface area contributed by atoms with E-state index in [1.165, 1.54) is 9.80 Å². The first-order chi connectivity index (χ1) is 40.6. The average molecular weight is 1170 g/mol. The van der Waals surface area contributed by atoms with E-state index in [-0.39, 0.29) is 61.6 Å². The van der Waals surface area contributed by atoms with Gasteiger partial charge in [0.2, 0.25) is 47.3 Å². The molecule has 24 nitrogen and oxygen atoms in total. The lowest BCUT2D eigenvalue weighted by Gasteiger charge is -2.33. The molecule has 8 amide bonds. The van der Waals surface area contributed by atoms with Crippen molar-refractivity contribution in [2.45, 2.75) is 164 Å². The fourth-order valence-electron chi connectivity index (χ4n) is 12.3. The fourth-order valence-corrected chi connectivity index (χ4v) is 12.3. The number of rotatable bonds is 30. The number of carbonyl (C=O) groups is 8. The molecule has 458 valence electrons. The van der Waals surface area contributed by atoms with E-state index in [1.54, 1.807) is 74.8 Å². The van der Waals surface area contributed by atoms with E-state index < -0.39 is 106 Å². The van der Waals surface area contributed by atoms with E-state index in [9.17, 15) is 58.2 Å². The zero-order valence-electron chi connectivity index (χ0n) is 48.7. The van der Waals surface area contributed by atoms with Gasteiger partial charge in [-0.3, -0.25) is 47.9 Å². The van der Waals surface area contributed by atoms with Crippen LogP contribution in [-0.2, 0) is 38.4 Å². The fraction of sp³-hybridized carbons (Fsp3) is 0.600. The molecule has 4 heterocycles. The smallest absolute Gasteiger partial charge is 0.253 e. The Labute approximate surface area is 490 Å². The molecule has 0 aliphatic carbocycles. The number of fused-ring (bicyclic) bond motifs is 2. The van der Waals surface area contributed by atoms with Crippen LogP contribution in [0.4, 0.5) is 11.4 Å². The first-order valence-corrected chi connectivity index (χ1v) is 30.0. The second kappa shape index (κ2) is 31.0. The normalized spacial score (nSPS) is 23.6. The highest BCUT2D eigenvalue weighted by atomic mass is 16.3. The standard InChI is InChI=1S/C60H86N12O12/c1-5-41(61-3)53(77)69-47-37(33-73)21-23-39-25-27-43(71(39)59(47)83)55(79)67-45(35-17-9-7-10-18-35)57(81)65-31-15-13-29-63-49-50(52(76)51(49)75)64-30-14-16-32-66-58(82)46(36-19-11-8-12-20-36)68-56(80)44-28-26-40-24-22-38(34-74)48(60(84)72(40)44)70-54(78)42(6-2)62-4/h7-12,17-20,37-48,61-64,73-74H,5-6,13-16,21-34H2,1-4H3,(H,65,81)(H,66,82)(H,67,79)(H,68,80)(H,69,77)(H,70,78)/t37-,38-,39+,40+,41+,42+,43+,44+,45+,46+,47+,48+/m1/s1. The zero-order valence-corrected chi connectivity index (χ0v) is 48.7. The number of benzene rings is 2. The number of hydrogen-bond donors (Lipinski definition) is 12. The SMILES string of the molecule is CC[C@H](NC)C(=O)N[C@@H]1C(=O)N2[C@@H](CC[C@@H]1CO)CC[C@H]2C(=O)N[C@H](C(=O)NCCCCNc1c(NCCCCNC(=O)[C@@H](NC(=O)[C@@H]2CC[C@@H]3CC[C@H](CO)[C@H](NC(=O)[C@H](CC)NC)C(=O)N32)c2ccccc2)c(=O)c1=O)c1ccccc1. The van der Waals surface area contributed by atoms with Crippen LogP contribution < -0.4 is 64.0 Å². The maximum Gasteiger partial charge on any atom is 0.253 e. The maximum atomic E-state index is 14.2. The predicted octanol–water partition coefficient (Wildman–Crippen LogP) is 0.104. The van der Waals surface area contributed by atoms with Gasteiger partial charge in [-0.15, -0.1) is 0 Å². The summed E-state index contributed by atoms with van der Waals surface area (Å²) >= 11 is 0. The van der Waals surface area contributed by atoms with Crippen LogP contribution in [0.1, 0.15) is 127 Å². The van der Waals surface area contributed by atoms with Crippen LogP contribution >= 0.6 is 0 Å². The molecule has 12 N–H and O–H groups in total. The summed E-state index contributed by atoms with van der Waals surface area (Å²) in [6, 6.07) is 9.86. The number of nitrogens with one attached hydrogen (secondary N) is 10. The molecule has 0 bridgehead atoms. The quantitative estimate of drug-likeness (QED) is 0.0311. The Bertz CT molecular complexity index is 2620. The largest absolute Gasteiger partial charge is 0.396 e. The van der Waals surface area contributed by atoms with E-state index >= 15 is 0 Å². The van der Waals surface area contributed by atoms with Crippen LogP contribution in [0, 0.1) is 11.8 Å². The molecule has 4 fully saturated rings. The predicted molar refractivity (Wildman–Crippen MR) is 315 cm³/mol. The maximum absolute atomic E-state index is 14.2. The van der Waals surface area contributed by atoms with Crippen molar-refractivity contribution in [1.82, 2.24) is 52.3 Å². The van der Waals surface area contributed by atoms with E-state index in [0.717, 1.165) is 0 Å². The number of unbranched alkanes of at least 4 members (excludes halogenated alkanes) is 2. The van der Waals surface area contributed by atoms with Crippen LogP contribution in [0.5, 0.6) is 0 Å². The molecule has 0 spiro atoms. The highest BCUT2D eigenvalue weighted by Crippen LogP contribution is 2.36. The summed E-state index contributed by atoms with van der Waals surface area (Å²) in [6.07, 6.45) is 6.84. The lowest BCUT2D eigenvalue weighted by molar-refractivity contribution is -0.144. The van der Waals surface area contributed by atoms with Crippen LogP contribution in [0.25, 0.3) is 0 Å². The minimum atomic E-state index is -1.09. The van der Waals surface area contributed by atoms with Gasteiger partial charge in [0.1, 0.15) is 47.6 Å². The molecule has 7 rings (SSSR count). The Morgan fingerprint density at radius 3 is 1.20 bits per heavy atom. The average Bonchev–Trinajstić information content (AvgIpc) is 2.91. The number of anilines is 2.